The number of hydrogen-bond donors (Lipinski definition) is 1. The van der Waals surface area contributed by atoms with Crippen LogP contribution in [0.3, 0.4) is 0 Å². The zero-order valence-electron chi connectivity index (χ0n) is 14.4. The van der Waals surface area contributed by atoms with Gasteiger partial charge in [-0.3, -0.25) is 4.79 Å². The van der Waals surface area contributed by atoms with E-state index in [-0.39, 0.29) is 11.9 Å². The molecule has 4 heteroatoms. The number of nitriles is 1. The van der Waals surface area contributed by atoms with Gasteiger partial charge < -0.3 is 10.2 Å². The van der Waals surface area contributed by atoms with E-state index in [4.69, 9.17) is 5.26 Å². The minimum absolute atomic E-state index is 0.0457. The van der Waals surface area contributed by atoms with Crippen LogP contribution in [0.4, 0.5) is 11.4 Å². The normalized spacial score (nSPS) is 11.4. The molecule has 0 aliphatic heterocycles. The lowest BCUT2D eigenvalue weighted by Crippen LogP contribution is -2.42. The average molecular weight is 321 g/mol. The molecular formula is C20H23N3O. The molecule has 0 spiro atoms. The summed E-state index contributed by atoms with van der Waals surface area (Å²) in [6.07, 6.45) is 0.302. The van der Waals surface area contributed by atoms with E-state index in [0.717, 1.165) is 22.5 Å². The molecule has 4 nitrogen and oxygen atoms in total. The van der Waals surface area contributed by atoms with Gasteiger partial charge in [0.05, 0.1) is 12.5 Å². The molecule has 24 heavy (non-hydrogen) atoms. The smallest absolute Gasteiger partial charge is 0.249 e. The highest BCUT2D eigenvalue weighted by atomic mass is 16.2. The van der Waals surface area contributed by atoms with Gasteiger partial charge in [-0.1, -0.05) is 24.3 Å². The number of aryl methyl sites for hydroxylation is 2. The molecule has 0 saturated carbocycles. The molecule has 2 aromatic carbocycles. The summed E-state index contributed by atoms with van der Waals surface area (Å²) >= 11 is 0. The second-order valence-corrected chi connectivity index (χ2v) is 5.98. The summed E-state index contributed by atoms with van der Waals surface area (Å²) in [6.45, 7) is 6.31. The van der Waals surface area contributed by atoms with E-state index in [0.29, 0.717) is 13.0 Å². The second-order valence-electron chi connectivity index (χ2n) is 5.98. The maximum atomic E-state index is 12.9. The van der Waals surface area contributed by atoms with Crippen molar-refractivity contribution in [1.29, 1.82) is 5.26 Å². The zero-order chi connectivity index (χ0) is 17.5. The average Bonchev–Trinajstić information content (AvgIpc) is 2.55. The molecule has 0 radical (unpaired) electrons. The first kappa shape index (κ1) is 17.6. The van der Waals surface area contributed by atoms with Crippen LogP contribution in [-0.2, 0) is 4.79 Å². The summed E-state index contributed by atoms with van der Waals surface area (Å²) in [5.74, 6) is -0.0457. The Labute approximate surface area is 143 Å². The van der Waals surface area contributed by atoms with Crippen LogP contribution >= 0.6 is 0 Å². The van der Waals surface area contributed by atoms with Crippen LogP contribution in [0.1, 0.15) is 24.5 Å². The van der Waals surface area contributed by atoms with E-state index in [1.165, 1.54) is 0 Å². The number of rotatable bonds is 6. The number of nitrogens with zero attached hydrogens (tertiary/aromatic N) is 2. The molecule has 1 atom stereocenters. The molecule has 1 N–H and O–H groups in total. The molecule has 1 unspecified atom stereocenters. The van der Waals surface area contributed by atoms with Crippen molar-refractivity contribution in [1.82, 2.24) is 0 Å². The molecule has 0 saturated heterocycles. The fourth-order valence-corrected chi connectivity index (χ4v) is 2.74. The van der Waals surface area contributed by atoms with Gasteiger partial charge in [-0.2, -0.15) is 5.26 Å². The van der Waals surface area contributed by atoms with Gasteiger partial charge in [0.2, 0.25) is 5.91 Å². The number of hydrogen-bond acceptors (Lipinski definition) is 3. The zero-order valence-corrected chi connectivity index (χ0v) is 14.4. The summed E-state index contributed by atoms with van der Waals surface area (Å²) in [7, 11) is 0. The third kappa shape index (κ3) is 4.60. The van der Waals surface area contributed by atoms with E-state index in [1.54, 1.807) is 4.90 Å². The molecule has 0 heterocycles. The molecule has 2 aromatic rings. The number of benzene rings is 2. The standard InChI is InChI=1S/C20H23N3O/c1-15-12-16(2)14-18(13-15)22-17(3)20(24)23(11-7-10-21)19-8-5-4-6-9-19/h4-6,8-9,12-14,17,22H,7,11H2,1-3H3. The van der Waals surface area contributed by atoms with Crippen molar-refractivity contribution in [2.45, 2.75) is 33.2 Å². The predicted molar refractivity (Wildman–Crippen MR) is 98.0 cm³/mol. The molecular weight excluding hydrogens is 298 g/mol. The third-order valence-corrected chi connectivity index (χ3v) is 3.76. The second kappa shape index (κ2) is 8.16. The molecule has 0 aliphatic carbocycles. The van der Waals surface area contributed by atoms with Crippen LogP contribution in [0, 0.1) is 25.2 Å². The predicted octanol–water partition coefficient (Wildman–Crippen LogP) is 4.05. The number of amides is 1. The van der Waals surface area contributed by atoms with Crippen molar-refractivity contribution in [3.63, 3.8) is 0 Å². The SMILES string of the molecule is Cc1cc(C)cc(NC(C)C(=O)N(CCC#N)c2ccccc2)c1. The Hall–Kier alpha value is -2.80. The summed E-state index contributed by atoms with van der Waals surface area (Å²) in [6, 6.07) is 17.4. The van der Waals surface area contributed by atoms with Gasteiger partial charge in [0.25, 0.3) is 0 Å². The van der Waals surface area contributed by atoms with Crippen LogP contribution in [0.5, 0.6) is 0 Å². The molecule has 0 aromatic heterocycles. The maximum absolute atomic E-state index is 12.9. The monoisotopic (exact) mass is 321 g/mol. The molecule has 1 amide bonds. The number of para-hydroxylation sites is 1. The van der Waals surface area contributed by atoms with E-state index < -0.39 is 0 Å². The summed E-state index contributed by atoms with van der Waals surface area (Å²) in [5.41, 5.74) is 4.05. The number of anilines is 2. The van der Waals surface area contributed by atoms with Crippen molar-refractivity contribution >= 4 is 17.3 Å². The summed E-state index contributed by atoms with van der Waals surface area (Å²) < 4.78 is 0. The van der Waals surface area contributed by atoms with Gasteiger partial charge in [-0.05, 0) is 56.2 Å². The molecule has 0 aliphatic rings. The van der Waals surface area contributed by atoms with E-state index >= 15 is 0 Å². The Morgan fingerprint density at radius 2 is 1.79 bits per heavy atom. The highest BCUT2D eigenvalue weighted by molar-refractivity contribution is 5.98. The van der Waals surface area contributed by atoms with Crippen LogP contribution in [0.2, 0.25) is 0 Å². The Bertz CT molecular complexity index is 714. The Morgan fingerprint density at radius 3 is 2.38 bits per heavy atom. The lowest BCUT2D eigenvalue weighted by atomic mass is 10.1. The van der Waals surface area contributed by atoms with Gasteiger partial charge in [-0.25, -0.2) is 0 Å². The molecule has 2 rings (SSSR count). The van der Waals surface area contributed by atoms with Gasteiger partial charge in [0.1, 0.15) is 6.04 Å². The van der Waals surface area contributed by atoms with Crippen molar-refractivity contribution < 1.29 is 4.79 Å². The first-order valence-corrected chi connectivity index (χ1v) is 8.09. The number of carbonyl (C=O) groups excluding carboxylic acids is 1. The van der Waals surface area contributed by atoms with Gasteiger partial charge >= 0.3 is 0 Å². The first-order chi connectivity index (χ1) is 11.5. The van der Waals surface area contributed by atoms with Crippen molar-refractivity contribution in [3.8, 4) is 6.07 Å². The quantitative estimate of drug-likeness (QED) is 0.873. The number of carbonyl (C=O) groups is 1. The highest BCUT2D eigenvalue weighted by Gasteiger charge is 2.21. The van der Waals surface area contributed by atoms with Gasteiger partial charge in [-0.15, -0.1) is 0 Å². The minimum atomic E-state index is -0.384. The topological polar surface area (TPSA) is 56.1 Å². The lowest BCUT2D eigenvalue weighted by molar-refractivity contribution is -0.119. The number of nitrogens with one attached hydrogen (secondary N) is 1. The highest BCUT2D eigenvalue weighted by Crippen LogP contribution is 2.18. The minimum Gasteiger partial charge on any atom is -0.374 e. The van der Waals surface area contributed by atoms with Crippen LogP contribution in [-0.4, -0.2) is 18.5 Å². The summed E-state index contributed by atoms with van der Waals surface area (Å²) in [5, 5.41) is 12.2. The molecule has 124 valence electrons. The van der Waals surface area contributed by atoms with Crippen molar-refractivity contribution in [2.24, 2.45) is 0 Å². The molecule has 0 fully saturated rings. The van der Waals surface area contributed by atoms with Crippen LogP contribution < -0.4 is 10.2 Å². The Balaban J connectivity index is 2.17. The fourth-order valence-electron chi connectivity index (χ4n) is 2.74. The largest absolute Gasteiger partial charge is 0.374 e. The third-order valence-electron chi connectivity index (χ3n) is 3.76. The van der Waals surface area contributed by atoms with Gasteiger partial charge in [0.15, 0.2) is 0 Å². The van der Waals surface area contributed by atoms with Crippen molar-refractivity contribution in [3.05, 3.63) is 59.7 Å². The fraction of sp³-hybridized carbons (Fsp3) is 0.300. The molecule has 0 bridgehead atoms. The van der Waals surface area contributed by atoms with E-state index in [1.807, 2.05) is 63.2 Å². The summed E-state index contributed by atoms with van der Waals surface area (Å²) in [4.78, 5) is 14.5. The Morgan fingerprint density at radius 1 is 1.17 bits per heavy atom. The maximum Gasteiger partial charge on any atom is 0.249 e. The van der Waals surface area contributed by atoms with Crippen LogP contribution in [0.25, 0.3) is 0 Å². The van der Waals surface area contributed by atoms with E-state index in [2.05, 4.69) is 17.5 Å². The Kier molecular flexibility index (Phi) is 5.97. The van der Waals surface area contributed by atoms with Gasteiger partial charge in [0, 0.05) is 17.9 Å². The first-order valence-electron chi connectivity index (χ1n) is 8.09. The van der Waals surface area contributed by atoms with Crippen LogP contribution in [0.15, 0.2) is 48.5 Å². The van der Waals surface area contributed by atoms with Crippen molar-refractivity contribution in [2.75, 3.05) is 16.8 Å². The van der Waals surface area contributed by atoms with E-state index in [9.17, 15) is 4.79 Å². The lowest BCUT2D eigenvalue weighted by Gasteiger charge is -2.26.